The summed E-state index contributed by atoms with van der Waals surface area (Å²) in [6, 6.07) is 18.6. The SMILES string of the molecule is C=C/C(=C\C=C(/C)OC(=O)c1ccc(C)c(C)c1)C(CC)c1ccc(OC(=O)c2ccc(C)c(C)c2)cc1. The first-order valence-corrected chi connectivity index (χ1v) is 12.8. The van der Waals surface area contributed by atoms with E-state index in [9.17, 15) is 9.59 Å². The first kappa shape index (κ1) is 28.4. The molecule has 0 aromatic heterocycles. The number of carbonyl (C=O) groups is 2. The van der Waals surface area contributed by atoms with Crippen molar-refractivity contribution in [3.8, 4) is 5.75 Å². The Morgan fingerprint density at radius 3 is 1.84 bits per heavy atom. The molecule has 1 unspecified atom stereocenters. The lowest BCUT2D eigenvalue weighted by Crippen LogP contribution is -2.09. The highest BCUT2D eigenvalue weighted by Gasteiger charge is 2.15. The number of allylic oxidation sites excluding steroid dienone is 5. The summed E-state index contributed by atoms with van der Waals surface area (Å²) < 4.78 is 11.1. The number of benzene rings is 3. The van der Waals surface area contributed by atoms with Gasteiger partial charge in [0.2, 0.25) is 0 Å². The van der Waals surface area contributed by atoms with E-state index in [2.05, 4.69) is 13.5 Å². The smallest absolute Gasteiger partial charge is 0.343 e. The zero-order chi connectivity index (χ0) is 27.8. The quantitative estimate of drug-likeness (QED) is 0.126. The number of esters is 2. The Morgan fingerprint density at radius 2 is 1.34 bits per heavy atom. The molecule has 0 aliphatic heterocycles. The minimum absolute atomic E-state index is 0.0801. The van der Waals surface area contributed by atoms with Gasteiger partial charge in [0.05, 0.1) is 11.1 Å². The van der Waals surface area contributed by atoms with E-state index < -0.39 is 0 Å². The Morgan fingerprint density at radius 1 is 0.789 bits per heavy atom. The second-order valence-corrected chi connectivity index (χ2v) is 9.56. The monoisotopic (exact) mass is 508 g/mol. The van der Waals surface area contributed by atoms with Crippen LogP contribution >= 0.6 is 0 Å². The van der Waals surface area contributed by atoms with Gasteiger partial charge in [-0.25, -0.2) is 9.59 Å². The summed E-state index contributed by atoms with van der Waals surface area (Å²) in [6.07, 6.45) is 6.38. The third-order valence-corrected chi connectivity index (χ3v) is 6.79. The largest absolute Gasteiger partial charge is 0.428 e. The minimum Gasteiger partial charge on any atom is -0.428 e. The van der Waals surface area contributed by atoms with Gasteiger partial charge in [-0.05, 0) is 117 Å². The Labute approximate surface area is 226 Å². The van der Waals surface area contributed by atoms with E-state index >= 15 is 0 Å². The van der Waals surface area contributed by atoms with Crippen molar-refractivity contribution < 1.29 is 19.1 Å². The van der Waals surface area contributed by atoms with Crippen molar-refractivity contribution in [1.82, 2.24) is 0 Å². The fourth-order valence-electron chi connectivity index (χ4n) is 4.11. The van der Waals surface area contributed by atoms with Gasteiger partial charge in [-0.1, -0.05) is 49.9 Å². The van der Waals surface area contributed by atoms with Gasteiger partial charge in [-0.2, -0.15) is 0 Å². The van der Waals surface area contributed by atoms with Crippen molar-refractivity contribution in [3.05, 3.63) is 136 Å². The van der Waals surface area contributed by atoms with Crippen LogP contribution in [0.5, 0.6) is 5.75 Å². The minimum atomic E-state index is -0.381. The number of aryl methyl sites for hydroxylation is 4. The van der Waals surface area contributed by atoms with E-state index in [1.54, 1.807) is 25.1 Å². The van der Waals surface area contributed by atoms with Crippen LogP contribution in [0.4, 0.5) is 0 Å². The zero-order valence-electron chi connectivity index (χ0n) is 23.1. The molecule has 0 saturated heterocycles. The summed E-state index contributed by atoms with van der Waals surface area (Å²) in [5, 5.41) is 0. The summed E-state index contributed by atoms with van der Waals surface area (Å²) in [4.78, 5) is 25.1. The predicted octanol–water partition coefficient (Wildman–Crippen LogP) is 8.51. The topological polar surface area (TPSA) is 52.6 Å². The molecule has 0 radical (unpaired) electrons. The van der Waals surface area contributed by atoms with Crippen LogP contribution in [0, 0.1) is 27.7 Å². The van der Waals surface area contributed by atoms with Crippen LogP contribution in [0.3, 0.4) is 0 Å². The third-order valence-electron chi connectivity index (χ3n) is 6.79. The molecule has 3 aromatic rings. The van der Waals surface area contributed by atoms with Gasteiger partial charge in [0.1, 0.15) is 11.5 Å². The number of hydrogen-bond donors (Lipinski definition) is 0. The van der Waals surface area contributed by atoms with Crippen LogP contribution in [-0.4, -0.2) is 11.9 Å². The van der Waals surface area contributed by atoms with E-state index in [-0.39, 0.29) is 17.9 Å². The van der Waals surface area contributed by atoms with Crippen LogP contribution in [-0.2, 0) is 4.74 Å². The van der Waals surface area contributed by atoms with E-state index in [4.69, 9.17) is 9.47 Å². The van der Waals surface area contributed by atoms with Gasteiger partial charge < -0.3 is 9.47 Å². The maximum absolute atomic E-state index is 12.6. The maximum atomic E-state index is 12.6. The van der Waals surface area contributed by atoms with Gasteiger partial charge >= 0.3 is 11.9 Å². The molecule has 0 aliphatic rings. The molecule has 0 fully saturated rings. The Kier molecular flexibility index (Phi) is 9.61. The standard InChI is InChI=1S/C34H36O4/c1-8-27(15-12-26(7)37-33(35)29-13-10-22(3)24(5)20-29)32(9-2)28-16-18-31(19-17-28)38-34(36)30-14-11-23(4)25(6)21-30/h8,10-21,32H,1,9H2,2-7H3/b26-12+,27-15+. The summed E-state index contributed by atoms with van der Waals surface area (Å²) in [6.45, 7) is 15.8. The third kappa shape index (κ3) is 7.19. The predicted molar refractivity (Wildman–Crippen MR) is 154 cm³/mol. The van der Waals surface area contributed by atoms with Gasteiger partial charge in [0.15, 0.2) is 0 Å². The van der Waals surface area contributed by atoms with Crippen molar-refractivity contribution >= 4 is 11.9 Å². The van der Waals surface area contributed by atoms with Gasteiger partial charge in [-0.15, -0.1) is 0 Å². The molecule has 38 heavy (non-hydrogen) atoms. The summed E-state index contributed by atoms with van der Waals surface area (Å²) in [5.41, 5.74) is 7.48. The number of hydrogen-bond acceptors (Lipinski definition) is 4. The molecule has 0 spiro atoms. The van der Waals surface area contributed by atoms with Crippen LogP contribution in [0.15, 0.2) is 96.8 Å². The fourth-order valence-corrected chi connectivity index (χ4v) is 4.11. The highest BCUT2D eigenvalue weighted by Crippen LogP contribution is 2.30. The van der Waals surface area contributed by atoms with Crippen LogP contribution < -0.4 is 4.74 Å². The molecule has 1 atom stereocenters. The molecular formula is C34H36O4. The van der Waals surface area contributed by atoms with E-state index in [0.717, 1.165) is 39.8 Å². The summed E-state index contributed by atoms with van der Waals surface area (Å²) in [5.74, 6) is 0.307. The van der Waals surface area contributed by atoms with E-state index in [1.165, 1.54) is 0 Å². The average Bonchev–Trinajstić information content (AvgIpc) is 2.90. The number of carbonyl (C=O) groups excluding carboxylic acids is 2. The molecule has 0 aliphatic carbocycles. The van der Waals surface area contributed by atoms with Crippen molar-refractivity contribution in [2.75, 3.05) is 0 Å². The van der Waals surface area contributed by atoms with Gasteiger partial charge in [0.25, 0.3) is 0 Å². The maximum Gasteiger partial charge on any atom is 0.343 e. The van der Waals surface area contributed by atoms with Crippen molar-refractivity contribution in [2.24, 2.45) is 0 Å². The number of rotatable bonds is 9. The molecule has 196 valence electrons. The van der Waals surface area contributed by atoms with Gasteiger partial charge in [0, 0.05) is 5.92 Å². The summed E-state index contributed by atoms with van der Waals surface area (Å²) in [7, 11) is 0. The first-order chi connectivity index (χ1) is 18.1. The van der Waals surface area contributed by atoms with Crippen molar-refractivity contribution in [1.29, 1.82) is 0 Å². The Balaban J connectivity index is 1.70. The second-order valence-electron chi connectivity index (χ2n) is 9.56. The molecule has 3 rings (SSSR count). The molecule has 0 amide bonds. The highest BCUT2D eigenvalue weighted by molar-refractivity contribution is 5.91. The molecule has 4 heteroatoms. The molecule has 4 nitrogen and oxygen atoms in total. The van der Waals surface area contributed by atoms with Crippen molar-refractivity contribution in [2.45, 2.75) is 53.9 Å². The Bertz CT molecular complexity index is 1390. The van der Waals surface area contributed by atoms with Crippen LogP contribution in [0.25, 0.3) is 0 Å². The molecule has 3 aromatic carbocycles. The lowest BCUT2D eigenvalue weighted by molar-refractivity contribution is 0.0625. The summed E-state index contributed by atoms with van der Waals surface area (Å²) >= 11 is 0. The highest BCUT2D eigenvalue weighted by atomic mass is 16.5. The van der Waals surface area contributed by atoms with Crippen LogP contribution in [0.1, 0.15) is 74.7 Å². The molecule has 0 heterocycles. The van der Waals surface area contributed by atoms with Crippen molar-refractivity contribution in [3.63, 3.8) is 0 Å². The normalized spacial score (nSPS) is 12.6. The van der Waals surface area contributed by atoms with E-state index in [1.807, 2.05) is 88.4 Å². The number of ether oxygens (including phenoxy) is 2. The van der Waals surface area contributed by atoms with Crippen LogP contribution in [0.2, 0.25) is 0 Å². The van der Waals surface area contributed by atoms with E-state index in [0.29, 0.717) is 22.6 Å². The molecule has 0 N–H and O–H groups in total. The second kappa shape index (κ2) is 12.9. The molecule has 0 bridgehead atoms. The first-order valence-electron chi connectivity index (χ1n) is 12.8. The zero-order valence-corrected chi connectivity index (χ0v) is 23.1. The molecular weight excluding hydrogens is 472 g/mol. The van der Waals surface area contributed by atoms with Gasteiger partial charge in [-0.3, -0.25) is 0 Å². The molecule has 0 saturated carbocycles. The average molecular weight is 509 g/mol. The Hall–Kier alpha value is -4.18. The lowest BCUT2D eigenvalue weighted by Gasteiger charge is -2.17. The lowest BCUT2D eigenvalue weighted by atomic mass is 9.88. The fraction of sp³-hybridized carbons (Fsp3) is 0.235.